The smallest absolute Gasteiger partial charge is 0.327 e. The molecule has 0 saturated carbocycles. The van der Waals surface area contributed by atoms with Crippen molar-refractivity contribution in [1.29, 1.82) is 0 Å². The molecule has 0 spiro atoms. The standard InChI is InChI=1S/C17H31N5O7S2/c18-6-2-1-3-9(19)14(25)21-11(7-30)16(27)20-10(4-5-13(23)24)15(26)22-12(8-31)17(28)29/h9-12,30-31H,1-8,18-19H2,(H,20,27)(H,21,25)(H,22,26)(H,23,24)(H,28,29). The molecule has 31 heavy (non-hydrogen) atoms. The third-order valence-corrected chi connectivity index (χ3v) is 4.93. The summed E-state index contributed by atoms with van der Waals surface area (Å²) in [6.07, 6.45) is 0.948. The van der Waals surface area contributed by atoms with Crippen LogP contribution in [0.15, 0.2) is 0 Å². The molecule has 0 radical (unpaired) electrons. The minimum absolute atomic E-state index is 0.116. The molecule has 0 aliphatic rings. The van der Waals surface area contributed by atoms with Gasteiger partial charge in [0.25, 0.3) is 0 Å². The van der Waals surface area contributed by atoms with Gasteiger partial charge in [-0.2, -0.15) is 25.3 Å². The first-order valence-corrected chi connectivity index (χ1v) is 10.9. The Kier molecular flexibility index (Phi) is 14.7. The van der Waals surface area contributed by atoms with Gasteiger partial charge in [-0.25, -0.2) is 4.79 Å². The lowest BCUT2D eigenvalue weighted by Crippen LogP contribution is -2.57. The number of carbonyl (C=O) groups excluding carboxylic acids is 3. The van der Waals surface area contributed by atoms with Crippen LogP contribution in [-0.4, -0.2) is 82.1 Å². The first-order valence-electron chi connectivity index (χ1n) is 9.60. The molecule has 0 saturated heterocycles. The Bertz CT molecular complexity index is 638. The average molecular weight is 482 g/mol. The quantitative estimate of drug-likeness (QED) is 0.0855. The number of unbranched alkanes of at least 4 members (excludes halogenated alkanes) is 1. The zero-order valence-electron chi connectivity index (χ0n) is 17.0. The molecule has 0 aliphatic heterocycles. The zero-order valence-corrected chi connectivity index (χ0v) is 18.7. The van der Waals surface area contributed by atoms with Crippen molar-refractivity contribution in [2.24, 2.45) is 11.5 Å². The highest BCUT2D eigenvalue weighted by molar-refractivity contribution is 7.80. The summed E-state index contributed by atoms with van der Waals surface area (Å²) in [6, 6.07) is -4.67. The van der Waals surface area contributed by atoms with E-state index in [4.69, 9.17) is 21.7 Å². The summed E-state index contributed by atoms with van der Waals surface area (Å²) >= 11 is 7.86. The molecule has 4 unspecified atom stereocenters. The Morgan fingerprint density at radius 2 is 1.29 bits per heavy atom. The van der Waals surface area contributed by atoms with Gasteiger partial charge in [-0.05, 0) is 25.8 Å². The van der Waals surface area contributed by atoms with Gasteiger partial charge >= 0.3 is 11.9 Å². The fourth-order valence-corrected chi connectivity index (χ4v) is 2.88. The first kappa shape index (κ1) is 29.0. The number of hydrogen-bond donors (Lipinski definition) is 9. The molecular formula is C17H31N5O7S2. The predicted molar refractivity (Wildman–Crippen MR) is 119 cm³/mol. The number of amides is 3. The lowest BCUT2D eigenvalue weighted by atomic mass is 10.1. The number of hydrogen-bond acceptors (Lipinski definition) is 9. The normalized spacial score (nSPS) is 14.6. The number of thiol groups is 2. The molecule has 0 bridgehead atoms. The highest BCUT2D eigenvalue weighted by Crippen LogP contribution is 2.03. The Labute approximate surface area is 191 Å². The van der Waals surface area contributed by atoms with Crippen molar-refractivity contribution in [3.8, 4) is 0 Å². The summed E-state index contributed by atoms with van der Waals surface area (Å²) in [5.74, 6) is -5.14. The van der Waals surface area contributed by atoms with Crippen LogP contribution in [0.3, 0.4) is 0 Å². The third kappa shape index (κ3) is 11.8. The molecule has 3 amide bonds. The average Bonchev–Trinajstić information content (AvgIpc) is 2.72. The number of aliphatic carboxylic acids is 2. The molecule has 9 N–H and O–H groups in total. The summed E-state index contributed by atoms with van der Waals surface area (Å²) in [5.41, 5.74) is 11.2. The van der Waals surface area contributed by atoms with Crippen LogP contribution < -0.4 is 27.4 Å². The van der Waals surface area contributed by atoms with Crippen molar-refractivity contribution >= 4 is 54.9 Å². The van der Waals surface area contributed by atoms with E-state index in [0.29, 0.717) is 25.8 Å². The summed E-state index contributed by atoms with van der Waals surface area (Å²) in [7, 11) is 0. The molecule has 4 atom stereocenters. The third-order valence-electron chi connectivity index (χ3n) is 4.20. The largest absolute Gasteiger partial charge is 0.481 e. The zero-order chi connectivity index (χ0) is 24.0. The van der Waals surface area contributed by atoms with Crippen LogP contribution in [0.2, 0.25) is 0 Å². The highest BCUT2D eigenvalue weighted by atomic mass is 32.1. The molecule has 0 aromatic carbocycles. The van der Waals surface area contributed by atoms with Gasteiger partial charge < -0.3 is 37.6 Å². The van der Waals surface area contributed by atoms with Crippen molar-refractivity contribution in [3.63, 3.8) is 0 Å². The van der Waals surface area contributed by atoms with Gasteiger partial charge in [-0.15, -0.1) is 0 Å². The van der Waals surface area contributed by atoms with Crippen LogP contribution in [-0.2, 0) is 24.0 Å². The van der Waals surface area contributed by atoms with Crippen molar-refractivity contribution in [2.45, 2.75) is 56.3 Å². The van der Waals surface area contributed by atoms with Crippen molar-refractivity contribution in [3.05, 3.63) is 0 Å². The molecule has 0 aromatic heterocycles. The lowest BCUT2D eigenvalue weighted by Gasteiger charge is -2.24. The second kappa shape index (κ2) is 15.7. The monoisotopic (exact) mass is 481 g/mol. The van der Waals surface area contributed by atoms with Crippen LogP contribution in [0, 0.1) is 0 Å². The minimum Gasteiger partial charge on any atom is -0.481 e. The number of nitrogens with one attached hydrogen (secondary N) is 3. The van der Waals surface area contributed by atoms with Crippen LogP contribution in [0.4, 0.5) is 0 Å². The van der Waals surface area contributed by atoms with Crippen molar-refractivity contribution in [2.75, 3.05) is 18.1 Å². The maximum Gasteiger partial charge on any atom is 0.327 e. The topological polar surface area (TPSA) is 214 Å². The lowest BCUT2D eigenvalue weighted by molar-refractivity contribution is -0.142. The molecule has 12 nitrogen and oxygen atoms in total. The van der Waals surface area contributed by atoms with Crippen LogP contribution >= 0.6 is 25.3 Å². The molecule has 0 rings (SSSR count). The maximum atomic E-state index is 12.6. The van der Waals surface area contributed by atoms with Gasteiger partial charge in [-0.1, -0.05) is 6.42 Å². The molecule has 0 heterocycles. The number of rotatable bonds is 16. The van der Waals surface area contributed by atoms with Crippen molar-refractivity contribution < 1.29 is 34.2 Å². The molecule has 0 aromatic rings. The molecule has 14 heteroatoms. The Hall–Kier alpha value is -2.03. The van der Waals surface area contributed by atoms with Gasteiger partial charge in [0.2, 0.25) is 17.7 Å². The van der Waals surface area contributed by atoms with E-state index in [1.165, 1.54) is 0 Å². The van der Waals surface area contributed by atoms with Gasteiger partial charge in [0.15, 0.2) is 0 Å². The predicted octanol–water partition coefficient (Wildman–Crippen LogP) is -2.29. The number of nitrogens with two attached hydrogens (primary N) is 2. The molecular weight excluding hydrogens is 450 g/mol. The van der Waals surface area contributed by atoms with E-state index in [-0.39, 0.29) is 17.9 Å². The van der Waals surface area contributed by atoms with Gasteiger partial charge in [0, 0.05) is 17.9 Å². The fraction of sp³-hybridized carbons (Fsp3) is 0.706. The SMILES string of the molecule is NCCCCC(N)C(=O)NC(CS)C(=O)NC(CCC(=O)O)C(=O)NC(CS)C(=O)O. The Balaban J connectivity index is 5.13. The Morgan fingerprint density at radius 1 is 0.774 bits per heavy atom. The molecule has 178 valence electrons. The summed E-state index contributed by atoms with van der Waals surface area (Å²) in [4.78, 5) is 59.1. The fourth-order valence-electron chi connectivity index (χ4n) is 2.38. The van der Waals surface area contributed by atoms with Crippen LogP contribution in [0.1, 0.15) is 32.1 Å². The van der Waals surface area contributed by atoms with Gasteiger partial charge in [0.1, 0.15) is 18.1 Å². The number of carbonyl (C=O) groups is 5. The second-order valence-corrected chi connectivity index (χ2v) is 7.44. The first-order chi connectivity index (χ1) is 14.6. The second-order valence-electron chi connectivity index (χ2n) is 6.71. The minimum atomic E-state index is -1.34. The molecule has 0 aliphatic carbocycles. The van der Waals surface area contributed by atoms with Crippen LogP contribution in [0.25, 0.3) is 0 Å². The van der Waals surface area contributed by atoms with E-state index < -0.39 is 60.2 Å². The maximum absolute atomic E-state index is 12.6. The summed E-state index contributed by atoms with van der Waals surface area (Å²) in [6.45, 7) is 0.464. The van der Waals surface area contributed by atoms with Crippen molar-refractivity contribution in [1.82, 2.24) is 16.0 Å². The van der Waals surface area contributed by atoms with Crippen LogP contribution in [0.5, 0.6) is 0 Å². The van der Waals surface area contributed by atoms with E-state index in [9.17, 15) is 24.0 Å². The van der Waals surface area contributed by atoms with E-state index in [0.717, 1.165) is 0 Å². The number of carboxylic acid groups (broad SMARTS) is 2. The van der Waals surface area contributed by atoms with E-state index >= 15 is 0 Å². The van der Waals surface area contributed by atoms with E-state index in [1.807, 2.05) is 0 Å². The van der Waals surface area contributed by atoms with E-state index in [1.54, 1.807) is 0 Å². The Morgan fingerprint density at radius 3 is 1.77 bits per heavy atom. The summed E-state index contributed by atoms with van der Waals surface area (Å²) < 4.78 is 0. The van der Waals surface area contributed by atoms with E-state index in [2.05, 4.69) is 41.2 Å². The molecule has 0 fully saturated rings. The summed E-state index contributed by atoms with van der Waals surface area (Å²) in [5, 5.41) is 24.9. The highest BCUT2D eigenvalue weighted by Gasteiger charge is 2.29. The van der Waals surface area contributed by atoms with Gasteiger partial charge in [0.05, 0.1) is 6.04 Å². The van der Waals surface area contributed by atoms with Gasteiger partial charge in [-0.3, -0.25) is 19.2 Å². The number of carboxylic acids is 2.